The fraction of sp³-hybridized carbons (Fsp3) is 0.182. The molecule has 3 N–H and O–H groups in total. The van der Waals surface area contributed by atoms with Crippen LogP contribution in [0.15, 0.2) is 23.1 Å². The number of hydrogen-bond acceptors (Lipinski definition) is 6. The molecule has 2 aromatic rings. The van der Waals surface area contributed by atoms with Crippen molar-refractivity contribution in [3.8, 4) is 0 Å². The van der Waals surface area contributed by atoms with E-state index in [0.29, 0.717) is 17.0 Å². The van der Waals surface area contributed by atoms with Crippen molar-refractivity contribution in [3.05, 3.63) is 34.6 Å². The molecule has 0 spiro atoms. The fourth-order valence-electron chi connectivity index (χ4n) is 1.60. The van der Waals surface area contributed by atoms with Crippen LogP contribution >= 0.6 is 11.5 Å². The van der Waals surface area contributed by atoms with Crippen molar-refractivity contribution in [2.24, 2.45) is 5.14 Å². The number of aromatic nitrogens is 2. The monoisotopic (exact) mass is 330 g/mol. The molecule has 21 heavy (non-hydrogen) atoms. The number of benzene rings is 1. The Balaban J connectivity index is 2.32. The fourth-order valence-corrected chi connectivity index (χ4v) is 2.81. The SMILES string of the molecule is CCc1nnsc1C(=O)Nc1cc(F)cc(S(N)(=O)=O)c1. The molecule has 0 aliphatic carbocycles. The molecule has 0 saturated heterocycles. The second-order valence-corrected chi connectivity index (χ2v) is 6.39. The lowest BCUT2D eigenvalue weighted by Crippen LogP contribution is -2.15. The Morgan fingerprint density at radius 2 is 2.14 bits per heavy atom. The van der Waals surface area contributed by atoms with Crippen molar-refractivity contribution in [1.82, 2.24) is 9.59 Å². The first kappa shape index (κ1) is 15.5. The molecule has 1 aromatic heterocycles. The number of nitrogens with two attached hydrogens (primary N) is 1. The molecule has 1 aromatic carbocycles. The van der Waals surface area contributed by atoms with Crippen LogP contribution in [-0.4, -0.2) is 23.9 Å². The number of nitrogens with one attached hydrogen (secondary N) is 1. The molecule has 0 unspecified atom stereocenters. The predicted molar refractivity (Wildman–Crippen MR) is 75.0 cm³/mol. The minimum absolute atomic E-state index is 0.0144. The summed E-state index contributed by atoms with van der Waals surface area (Å²) in [6, 6.07) is 2.85. The van der Waals surface area contributed by atoms with Gasteiger partial charge >= 0.3 is 0 Å². The third kappa shape index (κ3) is 3.60. The first-order valence-electron chi connectivity index (χ1n) is 5.77. The zero-order chi connectivity index (χ0) is 15.6. The molecule has 0 saturated carbocycles. The molecule has 112 valence electrons. The van der Waals surface area contributed by atoms with Crippen LogP contribution in [0.5, 0.6) is 0 Å². The quantitative estimate of drug-likeness (QED) is 0.872. The molecule has 0 radical (unpaired) electrons. The van der Waals surface area contributed by atoms with Gasteiger partial charge in [0.05, 0.1) is 10.6 Å². The topological polar surface area (TPSA) is 115 Å². The third-order valence-corrected chi connectivity index (χ3v) is 4.21. The summed E-state index contributed by atoms with van der Waals surface area (Å²) >= 11 is 0.906. The van der Waals surface area contributed by atoms with Gasteiger partial charge in [0.15, 0.2) is 0 Å². The molecule has 1 heterocycles. The molecule has 0 atom stereocenters. The lowest BCUT2D eigenvalue weighted by molar-refractivity contribution is 0.102. The van der Waals surface area contributed by atoms with E-state index in [1.165, 1.54) is 0 Å². The van der Waals surface area contributed by atoms with Gasteiger partial charge in [0, 0.05) is 5.69 Å². The van der Waals surface area contributed by atoms with Gasteiger partial charge in [-0.15, -0.1) is 5.10 Å². The number of halogens is 1. The van der Waals surface area contributed by atoms with Crippen LogP contribution in [0.3, 0.4) is 0 Å². The number of aryl methyl sites for hydroxylation is 1. The highest BCUT2D eigenvalue weighted by Gasteiger charge is 2.17. The average molecular weight is 330 g/mol. The summed E-state index contributed by atoms with van der Waals surface area (Å²) in [7, 11) is -4.06. The van der Waals surface area contributed by atoms with E-state index in [4.69, 9.17) is 5.14 Å². The number of carbonyl (C=O) groups is 1. The number of primary sulfonamides is 1. The number of anilines is 1. The summed E-state index contributed by atoms with van der Waals surface area (Å²) in [4.78, 5) is 11.9. The molecule has 7 nitrogen and oxygen atoms in total. The zero-order valence-corrected chi connectivity index (χ0v) is 12.5. The molecular weight excluding hydrogens is 319 g/mol. The Morgan fingerprint density at radius 3 is 2.76 bits per heavy atom. The number of nitrogens with zero attached hydrogens (tertiary/aromatic N) is 2. The molecule has 0 fully saturated rings. The van der Waals surface area contributed by atoms with Crippen LogP contribution < -0.4 is 10.5 Å². The van der Waals surface area contributed by atoms with Gasteiger partial charge in [-0.05, 0) is 36.2 Å². The first-order valence-corrected chi connectivity index (χ1v) is 8.09. The van der Waals surface area contributed by atoms with Crippen molar-refractivity contribution in [1.29, 1.82) is 0 Å². The molecule has 0 aliphatic heterocycles. The molecular formula is C11H11FN4O3S2. The summed E-state index contributed by atoms with van der Waals surface area (Å²) in [6.07, 6.45) is 0.519. The first-order chi connectivity index (χ1) is 9.81. The normalized spacial score (nSPS) is 11.4. The van der Waals surface area contributed by atoms with Gasteiger partial charge in [-0.3, -0.25) is 4.79 Å². The van der Waals surface area contributed by atoms with Crippen LogP contribution in [0.1, 0.15) is 22.3 Å². The van der Waals surface area contributed by atoms with Crippen molar-refractivity contribution in [2.45, 2.75) is 18.2 Å². The Bertz CT molecular complexity index is 789. The van der Waals surface area contributed by atoms with Crippen LogP contribution in [0.25, 0.3) is 0 Å². The van der Waals surface area contributed by atoms with Gasteiger partial charge in [-0.2, -0.15) is 0 Å². The summed E-state index contributed by atoms with van der Waals surface area (Å²) < 4.78 is 39.5. The van der Waals surface area contributed by atoms with Crippen molar-refractivity contribution < 1.29 is 17.6 Å². The van der Waals surface area contributed by atoms with Gasteiger partial charge in [0.2, 0.25) is 10.0 Å². The van der Waals surface area contributed by atoms with E-state index in [1.807, 2.05) is 6.92 Å². The highest BCUT2D eigenvalue weighted by Crippen LogP contribution is 2.19. The second kappa shape index (κ2) is 5.84. The van der Waals surface area contributed by atoms with Crippen molar-refractivity contribution in [3.63, 3.8) is 0 Å². The number of rotatable bonds is 4. The molecule has 0 aliphatic rings. The Morgan fingerprint density at radius 1 is 1.43 bits per heavy atom. The van der Waals surface area contributed by atoms with Crippen LogP contribution in [0, 0.1) is 5.82 Å². The zero-order valence-electron chi connectivity index (χ0n) is 10.8. The maximum atomic E-state index is 13.4. The minimum Gasteiger partial charge on any atom is -0.321 e. The third-order valence-electron chi connectivity index (χ3n) is 2.55. The molecule has 1 amide bonds. The smallest absolute Gasteiger partial charge is 0.269 e. The van der Waals surface area contributed by atoms with Crippen molar-refractivity contribution >= 4 is 33.2 Å². The molecule has 10 heteroatoms. The van der Waals surface area contributed by atoms with E-state index < -0.39 is 26.6 Å². The average Bonchev–Trinajstić information content (AvgIpc) is 2.85. The highest BCUT2D eigenvalue weighted by atomic mass is 32.2. The highest BCUT2D eigenvalue weighted by molar-refractivity contribution is 7.89. The number of carbonyl (C=O) groups excluding carboxylic acids is 1. The van der Waals surface area contributed by atoms with E-state index in [-0.39, 0.29) is 5.69 Å². The van der Waals surface area contributed by atoms with Gasteiger partial charge < -0.3 is 5.32 Å². The molecule has 2 rings (SSSR count). The number of hydrogen-bond donors (Lipinski definition) is 2. The summed E-state index contributed by atoms with van der Waals surface area (Å²) in [5.41, 5.74) is 0.500. The van der Waals surface area contributed by atoms with Crippen molar-refractivity contribution in [2.75, 3.05) is 5.32 Å². The molecule has 0 bridgehead atoms. The van der Waals surface area contributed by atoms with Gasteiger partial charge in [0.1, 0.15) is 10.7 Å². The van der Waals surface area contributed by atoms with Crippen LogP contribution in [0.4, 0.5) is 10.1 Å². The van der Waals surface area contributed by atoms with Gasteiger partial charge in [0.25, 0.3) is 5.91 Å². The summed E-state index contributed by atoms with van der Waals surface area (Å²) in [6.45, 7) is 1.81. The van der Waals surface area contributed by atoms with E-state index >= 15 is 0 Å². The van der Waals surface area contributed by atoms with E-state index in [1.54, 1.807) is 0 Å². The van der Waals surface area contributed by atoms with Gasteiger partial charge in [-0.25, -0.2) is 17.9 Å². The van der Waals surface area contributed by atoms with E-state index in [2.05, 4.69) is 14.9 Å². The van der Waals surface area contributed by atoms with E-state index in [0.717, 1.165) is 29.7 Å². The lowest BCUT2D eigenvalue weighted by atomic mass is 10.2. The Labute approximate surface area is 124 Å². The lowest BCUT2D eigenvalue weighted by Gasteiger charge is -2.06. The minimum atomic E-state index is -4.06. The second-order valence-electron chi connectivity index (χ2n) is 4.08. The number of amides is 1. The van der Waals surface area contributed by atoms with E-state index in [9.17, 15) is 17.6 Å². The summed E-state index contributed by atoms with van der Waals surface area (Å²) in [5.74, 6) is -1.36. The standard InChI is InChI=1S/C11H11FN4O3S2/c1-2-9-10(20-16-15-9)11(17)14-7-3-6(12)4-8(5-7)21(13,18)19/h3-5H,2H2,1H3,(H,14,17)(H2,13,18,19). The largest absolute Gasteiger partial charge is 0.321 e. The van der Waals surface area contributed by atoms with Crippen LogP contribution in [0.2, 0.25) is 0 Å². The predicted octanol–water partition coefficient (Wildman–Crippen LogP) is 1.14. The maximum Gasteiger partial charge on any atom is 0.269 e. The van der Waals surface area contributed by atoms with Crippen LogP contribution in [-0.2, 0) is 16.4 Å². The number of sulfonamides is 1. The summed E-state index contributed by atoms with van der Waals surface area (Å²) in [5, 5.41) is 11.1. The van der Waals surface area contributed by atoms with Gasteiger partial charge in [-0.1, -0.05) is 11.4 Å². The Hall–Kier alpha value is -1.91. The maximum absolute atomic E-state index is 13.4. The Kier molecular flexibility index (Phi) is 4.30.